The smallest absolute Gasteiger partial charge is 0.290 e. The van der Waals surface area contributed by atoms with Gasteiger partial charge < -0.3 is 10.1 Å². The molecule has 1 amide bonds. The molecule has 1 aromatic heterocycles. The van der Waals surface area contributed by atoms with E-state index in [2.05, 4.69) is 15.4 Å². The summed E-state index contributed by atoms with van der Waals surface area (Å²) in [6.07, 6.45) is 1.49. The van der Waals surface area contributed by atoms with Crippen molar-refractivity contribution in [3.8, 4) is 0 Å². The molecule has 104 valence electrons. The number of carbonyl (C=O) groups excluding carboxylic acids is 1. The van der Waals surface area contributed by atoms with Crippen LogP contribution in [0, 0.1) is 0 Å². The van der Waals surface area contributed by atoms with Crippen LogP contribution in [0.25, 0.3) is 0 Å². The zero-order valence-corrected chi connectivity index (χ0v) is 11.5. The highest BCUT2D eigenvalue weighted by atomic mass is 16.5. The zero-order chi connectivity index (χ0) is 14.2. The summed E-state index contributed by atoms with van der Waals surface area (Å²) in [5, 5.41) is 6.87. The Balaban J connectivity index is 2.10. The number of nitrogens with one attached hydrogen (secondary N) is 1. The van der Waals surface area contributed by atoms with E-state index in [4.69, 9.17) is 4.74 Å². The minimum atomic E-state index is -0.671. The second kappa shape index (κ2) is 4.72. The highest BCUT2D eigenvalue weighted by Gasteiger charge is 2.43. The van der Waals surface area contributed by atoms with Crippen molar-refractivity contribution in [2.45, 2.75) is 18.6 Å². The molecule has 0 saturated heterocycles. The van der Waals surface area contributed by atoms with Crippen molar-refractivity contribution in [1.29, 1.82) is 0 Å². The van der Waals surface area contributed by atoms with E-state index in [1.165, 1.54) is 0 Å². The summed E-state index contributed by atoms with van der Waals surface area (Å²) in [7, 11) is 3.22. The molecule has 1 N–H and O–H groups in total. The average molecular weight is 272 g/mol. The van der Waals surface area contributed by atoms with E-state index in [1.807, 2.05) is 30.3 Å². The molecule has 20 heavy (non-hydrogen) atoms. The quantitative estimate of drug-likeness (QED) is 0.902. The van der Waals surface area contributed by atoms with Crippen LogP contribution in [0.5, 0.6) is 0 Å². The highest BCUT2D eigenvalue weighted by molar-refractivity contribution is 5.90. The average Bonchev–Trinajstić information content (AvgIpc) is 3.06. The molecular weight excluding hydrogens is 256 g/mol. The number of aromatic nitrogens is 3. The Morgan fingerprint density at radius 3 is 2.80 bits per heavy atom. The summed E-state index contributed by atoms with van der Waals surface area (Å²) >= 11 is 0. The van der Waals surface area contributed by atoms with Gasteiger partial charge in [-0.3, -0.25) is 4.79 Å². The van der Waals surface area contributed by atoms with E-state index < -0.39 is 5.72 Å². The van der Waals surface area contributed by atoms with Crippen molar-refractivity contribution in [1.82, 2.24) is 20.1 Å². The molecule has 1 unspecified atom stereocenters. The number of nitrogens with zero attached hydrogens (tertiary/aromatic N) is 3. The van der Waals surface area contributed by atoms with E-state index in [-0.39, 0.29) is 11.7 Å². The normalized spacial score (nSPS) is 20.7. The van der Waals surface area contributed by atoms with Crippen LogP contribution in [-0.4, -0.2) is 34.8 Å². The van der Waals surface area contributed by atoms with Crippen molar-refractivity contribution < 1.29 is 9.53 Å². The first-order valence-corrected chi connectivity index (χ1v) is 6.50. The molecule has 2 aromatic rings. The van der Waals surface area contributed by atoms with Gasteiger partial charge in [0.2, 0.25) is 5.82 Å². The van der Waals surface area contributed by atoms with Gasteiger partial charge in [-0.15, -0.1) is 5.10 Å². The summed E-state index contributed by atoms with van der Waals surface area (Å²) in [6.45, 7) is 0. The summed E-state index contributed by atoms with van der Waals surface area (Å²) in [6, 6.07) is 9.88. The first-order chi connectivity index (χ1) is 9.71. The Morgan fingerprint density at radius 2 is 2.15 bits per heavy atom. The topological polar surface area (TPSA) is 69.0 Å². The Bertz CT molecular complexity index is 638. The van der Waals surface area contributed by atoms with Crippen LogP contribution < -0.4 is 5.32 Å². The van der Waals surface area contributed by atoms with Crippen LogP contribution in [0.1, 0.15) is 28.4 Å². The van der Waals surface area contributed by atoms with E-state index in [1.54, 1.807) is 18.8 Å². The lowest BCUT2D eigenvalue weighted by molar-refractivity contribution is -0.0438. The molecular formula is C14H16N4O2. The molecule has 0 bridgehead atoms. The van der Waals surface area contributed by atoms with Crippen LogP contribution >= 0.6 is 0 Å². The lowest BCUT2D eigenvalue weighted by Gasteiger charge is -2.28. The lowest BCUT2D eigenvalue weighted by atomic mass is 10.0. The number of methoxy groups -OCH3 is 1. The zero-order valence-electron chi connectivity index (χ0n) is 11.5. The second-order valence-corrected chi connectivity index (χ2v) is 4.70. The number of amides is 1. The molecule has 1 aliphatic rings. The van der Waals surface area contributed by atoms with Crippen LogP contribution in [0.15, 0.2) is 30.3 Å². The Kier molecular flexibility index (Phi) is 3.02. The van der Waals surface area contributed by atoms with Crippen LogP contribution in [0.4, 0.5) is 0 Å². The summed E-state index contributed by atoms with van der Waals surface area (Å²) in [5.41, 5.74) is 0.338. The minimum Gasteiger partial charge on any atom is -0.353 e. The predicted octanol–water partition coefficient (Wildman–Crippen LogP) is 0.931. The summed E-state index contributed by atoms with van der Waals surface area (Å²) in [5.74, 6) is 0.666. The highest BCUT2D eigenvalue weighted by Crippen LogP contribution is 2.37. The molecule has 6 heteroatoms. The molecule has 0 fully saturated rings. The maximum atomic E-state index is 11.7. The largest absolute Gasteiger partial charge is 0.353 e. The van der Waals surface area contributed by atoms with Crippen molar-refractivity contribution in [3.63, 3.8) is 0 Å². The van der Waals surface area contributed by atoms with E-state index in [9.17, 15) is 4.79 Å². The third-order valence-corrected chi connectivity index (χ3v) is 3.70. The van der Waals surface area contributed by atoms with Gasteiger partial charge in [-0.1, -0.05) is 30.3 Å². The van der Waals surface area contributed by atoms with Gasteiger partial charge in [0.25, 0.3) is 5.91 Å². The van der Waals surface area contributed by atoms with Crippen LogP contribution in [-0.2, 0) is 16.9 Å². The van der Waals surface area contributed by atoms with Gasteiger partial charge in [0.15, 0.2) is 5.72 Å². The van der Waals surface area contributed by atoms with Gasteiger partial charge in [-0.25, -0.2) is 9.67 Å². The second-order valence-electron chi connectivity index (χ2n) is 4.70. The first-order valence-electron chi connectivity index (χ1n) is 6.50. The molecule has 3 rings (SSSR count). The van der Waals surface area contributed by atoms with Crippen LogP contribution in [0.2, 0.25) is 0 Å². The number of carbonyl (C=O) groups is 1. The fraction of sp³-hybridized carbons (Fsp3) is 0.357. The first kappa shape index (κ1) is 12.8. The maximum Gasteiger partial charge on any atom is 0.290 e. The summed E-state index contributed by atoms with van der Waals surface area (Å²) in [4.78, 5) is 16.0. The molecule has 1 atom stereocenters. The molecule has 0 saturated carbocycles. The molecule has 0 aliphatic carbocycles. The van der Waals surface area contributed by atoms with Crippen molar-refractivity contribution in [2.75, 3.05) is 14.2 Å². The molecule has 2 heterocycles. The Morgan fingerprint density at radius 1 is 1.40 bits per heavy atom. The van der Waals surface area contributed by atoms with Crippen molar-refractivity contribution in [2.24, 2.45) is 0 Å². The Hall–Kier alpha value is -2.21. The van der Waals surface area contributed by atoms with E-state index in [0.29, 0.717) is 0 Å². The third kappa shape index (κ3) is 1.72. The number of aryl methyl sites for hydroxylation is 1. The van der Waals surface area contributed by atoms with Crippen molar-refractivity contribution >= 4 is 5.91 Å². The van der Waals surface area contributed by atoms with E-state index >= 15 is 0 Å². The third-order valence-electron chi connectivity index (χ3n) is 3.70. The number of benzene rings is 1. The maximum absolute atomic E-state index is 11.7. The van der Waals surface area contributed by atoms with Gasteiger partial charge in [0, 0.05) is 32.6 Å². The van der Waals surface area contributed by atoms with Gasteiger partial charge >= 0.3 is 0 Å². The predicted molar refractivity (Wildman–Crippen MR) is 72.3 cm³/mol. The number of hydrogen-bond donors (Lipinski definition) is 1. The lowest BCUT2D eigenvalue weighted by Crippen LogP contribution is -2.35. The molecule has 0 radical (unpaired) electrons. The molecule has 0 spiro atoms. The number of rotatable bonds is 3. The van der Waals surface area contributed by atoms with E-state index in [0.717, 1.165) is 24.2 Å². The molecule has 1 aliphatic heterocycles. The van der Waals surface area contributed by atoms with Crippen molar-refractivity contribution in [3.05, 3.63) is 47.5 Å². The summed E-state index contributed by atoms with van der Waals surface area (Å²) < 4.78 is 7.50. The van der Waals surface area contributed by atoms with Crippen LogP contribution in [0.3, 0.4) is 0 Å². The molecule has 1 aromatic carbocycles. The van der Waals surface area contributed by atoms with Gasteiger partial charge in [0.1, 0.15) is 5.82 Å². The number of ether oxygens (including phenoxy) is 1. The van der Waals surface area contributed by atoms with Gasteiger partial charge in [-0.2, -0.15) is 0 Å². The monoisotopic (exact) mass is 272 g/mol. The fourth-order valence-electron chi connectivity index (χ4n) is 2.66. The minimum absolute atomic E-state index is 0.180. The van der Waals surface area contributed by atoms with Gasteiger partial charge in [-0.05, 0) is 0 Å². The SMILES string of the molecule is CNC(=O)c1nc2n(n1)C(OC)(c1ccccc1)CC2. The fourth-order valence-corrected chi connectivity index (χ4v) is 2.66. The Labute approximate surface area is 116 Å². The van der Waals surface area contributed by atoms with Gasteiger partial charge in [0.05, 0.1) is 0 Å². The number of fused-ring (bicyclic) bond motifs is 1. The number of hydrogen-bond acceptors (Lipinski definition) is 4. The standard InChI is InChI=1S/C14H16N4O2/c1-15-13(19)12-16-11-8-9-14(20-2,18(11)17-12)10-6-4-3-5-7-10/h3-7H,8-9H2,1-2H3,(H,15,19). The molecule has 6 nitrogen and oxygen atoms in total.